The van der Waals surface area contributed by atoms with E-state index in [4.69, 9.17) is 0 Å². The molecule has 0 saturated carbocycles. The Morgan fingerprint density at radius 1 is 1.54 bits per heavy atom. The monoisotopic (exact) mass is 187 g/mol. The highest BCUT2D eigenvalue weighted by molar-refractivity contribution is 5.81. The molecule has 1 atom stereocenters. The summed E-state index contributed by atoms with van der Waals surface area (Å²) in [4.78, 5) is 13.4. The van der Waals surface area contributed by atoms with Crippen LogP contribution in [0.3, 0.4) is 0 Å². The van der Waals surface area contributed by atoms with Gasteiger partial charge in [0, 0.05) is 13.1 Å². The van der Waals surface area contributed by atoms with Crippen molar-refractivity contribution in [2.75, 3.05) is 33.7 Å². The Hall–Kier alpha value is -0.610. The third kappa shape index (κ3) is 5.60. The van der Waals surface area contributed by atoms with E-state index in [2.05, 4.69) is 22.5 Å². The molecular weight excluding hydrogens is 166 g/mol. The average molecular weight is 187 g/mol. The second-order valence-corrected chi connectivity index (χ2v) is 3.20. The Balaban J connectivity index is 3.47. The molecule has 0 aromatic rings. The van der Waals surface area contributed by atoms with Crippen LogP contribution in [-0.2, 0) is 4.79 Å². The first-order valence-electron chi connectivity index (χ1n) is 4.75. The summed E-state index contributed by atoms with van der Waals surface area (Å²) in [5.41, 5.74) is 0. The highest BCUT2D eigenvalue weighted by Gasteiger charge is 2.08. The number of carbonyl (C=O) groups excluding carboxylic acids is 1. The predicted molar refractivity (Wildman–Crippen MR) is 54.7 cm³/mol. The lowest BCUT2D eigenvalue weighted by molar-refractivity contribution is -0.122. The first kappa shape index (κ1) is 12.4. The number of nitrogens with zero attached hydrogens (tertiary/aromatic N) is 1. The van der Waals surface area contributed by atoms with Crippen LogP contribution in [0.1, 0.15) is 13.8 Å². The quantitative estimate of drug-likeness (QED) is 0.598. The molecule has 0 radical (unpaired) electrons. The molecule has 13 heavy (non-hydrogen) atoms. The average Bonchev–Trinajstić information content (AvgIpc) is 2.15. The van der Waals surface area contributed by atoms with Crippen LogP contribution in [0, 0.1) is 0 Å². The van der Waals surface area contributed by atoms with E-state index in [1.54, 1.807) is 7.05 Å². The van der Waals surface area contributed by atoms with Gasteiger partial charge in [-0.1, -0.05) is 6.92 Å². The van der Waals surface area contributed by atoms with E-state index >= 15 is 0 Å². The largest absolute Gasteiger partial charge is 0.353 e. The van der Waals surface area contributed by atoms with Gasteiger partial charge in [-0.25, -0.2) is 0 Å². The van der Waals surface area contributed by atoms with Crippen molar-refractivity contribution >= 4 is 5.91 Å². The molecule has 0 heterocycles. The topological polar surface area (TPSA) is 44.4 Å². The molecule has 0 bridgehead atoms. The van der Waals surface area contributed by atoms with E-state index in [0.717, 1.165) is 19.6 Å². The molecular formula is C9H21N3O. The molecule has 4 nitrogen and oxygen atoms in total. The lowest BCUT2D eigenvalue weighted by Crippen LogP contribution is -2.42. The summed E-state index contributed by atoms with van der Waals surface area (Å²) in [6.45, 7) is 6.57. The van der Waals surface area contributed by atoms with E-state index in [0.29, 0.717) is 0 Å². The smallest absolute Gasteiger partial charge is 0.236 e. The van der Waals surface area contributed by atoms with Gasteiger partial charge in [-0.05, 0) is 27.6 Å². The number of nitrogens with one attached hydrogen (secondary N) is 2. The minimum atomic E-state index is -0.105. The Morgan fingerprint density at radius 2 is 2.15 bits per heavy atom. The van der Waals surface area contributed by atoms with Gasteiger partial charge in [-0.15, -0.1) is 0 Å². The molecule has 0 saturated heterocycles. The second kappa shape index (κ2) is 6.86. The molecule has 0 fully saturated rings. The number of rotatable bonds is 6. The van der Waals surface area contributed by atoms with Crippen molar-refractivity contribution < 1.29 is 4.79 Å². The van der Waals surface area contributed by atoms with Crippen LogP contribution in [0.5, 0.6) is 0 Å². The highest BCUT2D eigenvalue weighted by atomic mass is 16.2. The molecule has 0 aromatic carbocycles. The minimum Gasteiger partial charge on any atom is -0.353 e. The first-order chi connectivity index (χ1) is 6.11. The van der Waals surface area contributed by atoms with E-state index in [-0.39, 0.29) is 11.9 Å². The van der Waals surface area contributed by atoms with Crippen molar-refractivity contribution in [2.24, 2.45) is 0 Å². The van der Waals surface area contributed by atoms with Gasteiger partial charge >= 0.3 is 0 Å². The van der Waals surface area contributed by atoms with Crippen LogP contribution in [0.25, 0.3) is 0 Å². The zero-order valence-electron chi connectivity index (χ0n) is 9.05. The fourth-order valence-corrected chi connectivity index (χ4v) is 0.812. The van der Waals surface area contributed by atoms with Crippen molar-refractivity contribution in [3.8, 4) is 0 Å². The molecule has 0 aliphatic carbocycles. The highest BCUT2D eigenvalue weighted by Crippen LogP contribution is 1.81. The van der Waals surface area contributed by atoms with Crippen molar-refractivity contribution in [3.05, 3.63) is 0 Å². The Kier molecular flexibility index (Phi) is 6.54. The predicted octanol–water partition coefficient (Wildman–Crippen LogP) is -0.338. The number of hydrogen-bond donors (Lipinski definition) is 2. The maximum absolute atomic E-state index is 11.3. The number of hydrogen-bond acceptors (Lipinski definition) is 3. The van der Waals surface area contributed by atoms with Gasteiger partial charge in [0.25, 0.3) is 0 Å². The van der Waals surface area contributed by atoms with Gasteiger partial charge in [0.2, 0.25) is 5.91 Å². The summed E-state index contributed by atoms with van der Waals surface area (Å²) in [5, 5.41) is 5.75. The Labute approximate surface area is 80.7 Å². The van der Waals surface area contributed by atoms with Crippen LogP contribution >= 0.6 is 0 Å². The maximum atomic E-state index is 11.3. The summed E-state index contributed by atoms with van der Waals surface area (Å²) < 4.78 is 0. The fourth-order valence-electron chi connectivity index (χ4n) is 0.812. The Morgan fingerprint density at radius 3 is 2.62 bits per heavy atom. The minimum absolute atomic E-state index is 0.0620. The van der Waals surface area contributed by atoms with Gasteiger partial charge in [0.15, 0.2) is 0 Å². The standard InChI is InChI=1S/C9H21N3O/c1-5-12(4)7-6-11-9(13)8(2)10-3/h8,10H,5-7H2,1-4H3,(H,11,13). The maximum Gasteiger partial charge on any atom is 0.236 e. The number of likely N-dealkylation sites (N-methyl/N-ethyl adjacent to an activating group) is 2. The number of amides is 1. The lowest BCUT2D eigenvalue weighted by Gasteiger charge is -2.15. The van der Waals surface area contributed by atoms with Gasteiger partial charge in [-0.3, -0.25) is 4.79 Å². The molecule has 0 aliphatic heterocycles. The molecule has 0 rings (SSSR count). The van der Waals surface area contributed by atoms with E-state index in [1.165, 1.54) is 0 Å². The summed E-state index contributed by atoms with van der Waals surface area (Å²) in [5.74, 6) is 0.0620. The summed E-state index contributed by atoms with van der Waals surface area (Å²) in [6.07, 6.45) is 0. The number of carbonyl (C=O) groups is 1. The first-order valence-corrected chi connectivity index (χ1v) is 4.75. The van der Waals surface area contributed by atoms with E-state index in [1.807, 2.05) is 14.0 Å². The van der Waals surface area contributed by atoms with Crippen LogP contribution in [0.4, 0.5) is 0 Å². The van der Waals surface area contributed by atoms with Gasteiger partial charge in [0.1, 0.15) is 0 Å². The molecule has 1 amide bonds. The summed E-state index contributed by atoms with van der Waals surface area (Å²) >= 11 is 0. The van der Waals surface area contributed by atoms with Crippen LogP contribution < -0.4 is 10.6 Å². The zero-order valence-corrected chi connectivity index (χ0v) is 9.05. The molecule has 78 valence electrons. The molecule has 1 unspecified atom stereocenters. The lowest BCUT2D eigenvalue weighted by atomic mass is 10.3. The normalized spacial score (nSPS) is 13.0. The second-order valence-electron chi connectivity index (χ2n) is 3.20. The van der Waals surface area contributed by atoms with E-state index < -0.39 is 0 Å². The van der Waals surface area contributed by atoms with Crippen LogP contribution in [0.15, 0.2) is 0 Å². The third-order valence-corrected chi connectivity index (χ3v) is 2.16. The van der Waals surface area contributed by atoms with Crippen molar-refractivity contribution in [2.45, 2.75) is 19.9 Å². The summed E-state index contributed by atoms with van der Waals surface area (Å²) in [6, 6.07) is -0.105. The van der Waals surface area contributed by atoms with Gasteiger partial charge in [0.05, 0.1) is 6.04 Å². The van der Waals surface area contributed by atoms with Crippen molar-refractivity contribution in [3.63, 3.8) is 0 Å². The van der Waals surface area contributed by atoms with Gasteiger partial charge in [-0.2, -0.15) is 0 Å². The van der Waals surface area contributed by atoms with Crippen molar-refractivity contribution in [1.29, 1.82) is 0 Å². The fraction of sp³-hybridized carbons (Fsp3) is 0.889. The van der Waals surface area contributed by atoms with E-state index in [9.17, 15) is 4.79 Å². The molecule has 0 aromatic heterocycles. The molecule has 0 aliphatic rings. The SMILES string of the molecule is CCN(C)CCNC(=O)C(C)NC. The van der Waals surface area contributed by atoms with Crippen molar-refractivity contribution in [1.82, 2.24) is 15.5 Å². The third-order valence-electron chi connectivity index (χ3n) is 2.16. The summed E-state index contributed by atoms with van der Waals surface area (Å²) in [7, 11) is 3.82. The van der Waals surface area contributed by atoms with Gasteiger partial charge < -0.3 is 15.5 Å². The van der Waals surface area contributed by atoms with Crippen LogP contribution in [-0.4, -0.2) is 50.6 Å². The molecule has 0 spiro atoms. The molecule has 2 N–H and O–H groups in total. The zero-order chi connectivity index (χ0) is 10.3. The molecule has 4 heteroatoms. The van der Waals surface area contributed by atoms with Crippen LogP contribution in [0.2, 0.25) is 0 Å². The Bertz CT molecular complexity index is 150.